The van der Waals surface area contributed by atoms with Gasteiger partial charge in [-0.3, -0.25) is 14.6 Å². The molecule has 0 saturated carbocycles. The number of allylic oxidation sites excluding steroid dienone is 1. The van der Waals surface area contributed by atoms with Crippen molar-refractivity contribution in [2.45, 2.75) is 76.9 Å². The summed E-state index contributed by atoms with van der Waals surface area (Å²) in [5.74, 6) is -0.907. The Kier molecular flexibility index (Phi) is 10.6. The molecule has 2 aromatic carbocycles. The van der Waals surface area contributed by atoms with Gasteiger partial charge < -0.3 is 9.84 Å². The number of carbonyl (C=O) groups is 2. The number of aliphatic carboxylic acids is 1. The van der Waals surface area contributed by atoms with Gasteiger partial charge in [0.15, 0.2) is 0 Å². The van der Waals surface area contributed by atoms with E-state index in [9.17, 15) is 49.1 Å². The summed E-state index contributed by atoms with van der Waals surface area (Å²) in [5, 5.41) is 9.04. The van der Waals surface area contributed by atoms with Gasteiger partial charge in [0, 0.05) is 19.6 Å². The second-order valence-electron chi connectivity index (χ2n) is 11.9. The standard InChI is InChI=1S/C32H33F9N2O4/c1-3-42(15-20-6-4-19(5-7-20)10-27(44)45)16-21-8-9-24(30(33,34)35)13-23(21)17-43-18(2)28(47-29(43)46)22-11-25(31(36,37)38)14-26(12-22)32(39,40)41/h4,6,8-9,11-14,18-20,28H,3,5,7,10,15-17H2,1-2H3,(H,44,45)/t18-,19-,20-,28-/m0/s1. The number of rotatable bonds is 10. The highest BCUT2D eigenvalue weighted by molar-refractivity contribution is 5.71. The van der Waals surface area contributed by atoms with E-state index in [2.05, 4.69) is 0 Å². The lowest BCUT2D eigenvalue weighted by molar-refractivity contribution is -0.143. The van der Waals surface area contributed by atoms with Crippen LogP contribution in [0.4, 0.5) is 44.3 Å². The summed E-state index contributed by atoms with van der Waals surface area (Å²) in [6.07, 6.45) is -12.5. The first-order valence-corrected chi connectivity index (χ1v) is 14.8. The number of ether oxygens (including phenoxy) is 1. The molecule has 2 aliphatic rings. The number of carboxylic acid groups (broad SMARTS) is 1. The van der Waals surface area contributed by atoms with Crippen LogP contribution in [-0.2, 0) is 41.1 Å². The third-order valence-electron chi connectivity index (χ3n) is 8.54. The van der Waals surface area contributed by atoms with Gasteiger partial charge in [-0.2, -0.15) is 39.5 Å². The highest BCUT2D eigenvalue weighted by atomic mass is 19.4. The topological polar surface area (TPSA) is 70.1 Å². The molecular weight excluding hydrogens is 647 g/mol. The van der Waals surface area contributed by atoms with E-state index < -0.39 is 71.5 Å². The molecule has 15 heteroatoms. The lowest BCUT2D eigenvalue weighted by atomic mass is 9.86. The fourth-order valence-electron chi connectivity index (χ4n) is 5.95. The molecule has 258 valence electrons. The van der Waals surface area contributed by atoms with Crippen LogP contribution in [0.1, 0.15) is 72.6 Å². The largest absolute Gasteiger partial charge is 0.481 e. The van der Waals surface area contributed by atoms with Crippen LogP contribution in [0.2, 0.25) is 0 Å². The zero-order valence-electron chi connectivity index (χ0n) is 25.3. The lowest BCUT2D eigenvalue weighted by Gasteiger charge is -2.29. The first-order chi connectivity index (χ1) is 21.8. The predicted molar refractivity (Wildman–Crippen MR) is 151 cm³/mol. The fraction of sp³-hybridized carbons (Fsp3) is 0.500. The summed E-state index contributed by atoms with van der Waals surface area (Å²) < 4.78 is 127. The van der Waals surface area contributed by atoms with Crippen LogP contribution in [0.25, 0.3) is 0 Å². The molecule has 0 unspecified atom stereocenters. The second-order valence-corrected chi connectivity index (χ2v) is 11.9. The van der Waals surface area contributed by atoms with E-state index in [1.807, 2.05) is 24.0 Å². The molecule has 1 heterocycles. The van der Waals surface area contributed by atoms with Gasteiger partial charge in [0.2, 0.25) is 0 Å². The first kappa shape index (κ1) is 36.1. The van der Waals surface area contributed by atoms with Gasteiger partial charge in [-0.05, 0) is 85.2 Å². The summed E-state index contributed by atoms with van der Waals surface area (Å²) in [5.41, 5.74) is -4.21. The first-order valence-electron chi connectivity index (χ1n) is 14.8. The van der Waals surface area contributed by atoms with E-state index in [-0.39, 0.29) is 36.4 Å². The van der Waals surface area contributed by atoms with Crippen molar-refractivity contribution in [3.63, 3.8) is 0 Å². The third-order valence-corrected chi connectivity index (χ3v) is 8.54. The van der Waals surface area contributed by atoms with Gasteiger partial charge in [-0.25, -0.2) is 4.79 Å². The van der Waals surface area contributed by atoms with Crippen molar-refractivity contribution in [3.8, 4) is 0 Å². The Morgan fingerprint density at radius 1 is 0.872 bits per heavy atom. The molecule has 6 nitrogen and oxygen atoms in total. The van der Waals surface area contributed by atoms with Crippen LogP contribution in [0, 0.1) is 11.8 Å². The molecule has 2 aromatic rings. The molecular formula is C32H33F9N2O4. The number of alkyl halides is 9. The van der Waals surface area contributed by atoms with Crippen LogP contribution in [0.3, 0.4) is 0 Å². The maximum Gasteiger partial charge on any atom is 0.416 e. The SMILES string of the molecule is CCN(Cc1ccc(C(F)(F)F)cc1CN1C(=O)O[C@H](c2cc(C(F)(F)F)cc(C(F)(F)F)c2)[C@@H]1C)C[C@H]1C=C[C@H](CC(=O)O)CC1. The van der Waals surface area contributed by atoms with Crippen molar-refractivity contribution < 1.29 is 58.9 Å². The number of halogens is 9. The Bertz CT molecular complexity index is 1450. The average Bonchev–Trinajstić information content (AvgIpc) is 3.25. The minimum Gasteiger partial charge on any atom is -0.481 e. The molecule has 0 spiro atoms. The molecule has 1 N–H and O–H groups in total. The van der Waals surface area contributed by atoms with E-state index in [1.165, 1.54) is 13.0 Å². The molecule has 47 heavy (non-hydrogen) atoms. The van der Waals surface area contributed by atoms with Gasteiger partial charge in [-0.1, -0.05) is 25.1 Å². The van der Waals surface area contributed by atoms with Gasteiger partial charge in [0.05, 0.1) is 29.2 Å². The summed E-state index contributed by atoms with van der Waals surface area (Å²) in [4.78, 5) is 26.9. The second kappa shape index (κ2) is 13.8. The maximum atomic E-state index is 13.7. The Labute approximate surface area is 264 Å². The van der Waals surface area contributed by atoms with Crippen LogP contribution >= 0.6 is 0 Å². The molecule has 0 bridgehead atoms. The third kappa shape index (κ3) is 8.99. The molecule has 4 rings (SSSR count). The van der Waals surface area contributed by atoms with E-state index in [0.29, 0.717) is 37.2 Å². The Hall–Kier alpha value is -3.75. The van der Waals surface area contributed by atoms with Crippen LogP contribution in [-0.4, -0.2) is 46.1 Å². The molecule has 1 aliphatic heterocycles. The van der Waals surface area contributed by atoms with E-state index >= 15 is 0 Å². The smallest absolute Gasteiger partial charge is 0.416 e. The lowest BCUT2D eigenvalue weighted by Crippen LogP contribution is -2.33. The number of amides is 1. The summed E-state index contributed by atoms with van der Waals surface area (Å²) in [6.45, 7) is 3.95. The van der Waals surface area contributed by atoms with E-state index in [1.54, 1.807) is 0 Å². The number of carbonyl (C=O) groups excluding carboxylic acids is 1. The van der Waals surface area contributed by atoms with Crippen molar-refractivity contribution in [2.24, 2.45) is 11.8 Å². The molecule has 1 saturated heterocycles. The number of carboxylic acids is 1. The minimum absolute atomic E-state index is 0.0189. The number of cyclic esters (lactones) is 1. The van der Waals surface area contributed by atoms with Gasteiger partial charge >= 0.3 is 30.6 Å². The maximum absolute atomic E-state index is 13.7. The number of benzene rings is 2. The Morgan fingerprint density at radius 3 is 1.96 bits per heavy atom. The van der Waals surface area contributed by atoms with Crippen LogP contribution < -0.4 is 0 Å². The highest BCUT2D eigenvalue weighted by Crippen LogP contribution is 2.41. The molecule has 1 fully saturated rings. The average molecular weight is 681 g/mol. The molecule has 1 aliphatic carbocycles. The minimum atomic E-state index is -5.13. The van der Waals surface area contributed by atoms with Crippen molar-refractivity contribution >= 4 is 12.1 Å². The summed E-state index contributed by atoms with van der Waals surface area (Å²) in [7, 11) is 0. The van der Waals surface area contributed by atoms with Gasteiger partial charge in [0.25, 0.3) is 0 Å². The van der Waals surface area contributed by atoms with Gasteiger partial charge in [0.1, 0.15) is 6.10 Å². The number of hydrogen-bond donors (Lipinski definition) is 1. The van der Waals surface area contributed by atoms with Gasteiger partial charge in [-0.15, -0.1) is 0 Å². The van der Waals surface area contributed by atoms with Crippen LogP contribution in [0.5, 0.6) is 0 Å². The molecule has 0 radical (unpaired) electrons. The Morgan fingerprint density at radius 2 is 1.45 bits per heavy atom. The molecule has 1 amide bonds. The highest BCUT2D eigenvalue weighted by Gasteiger charge is 2.43. The normalized spacial score (nSPS) is 22.2. The fourth-order valence-corrected chi connectivity index (χ4v) is 5.95. The zero-order chi connectivity index (χ0) is 34.9. The summed E-state index contributed by atoms with van der Waals surface area (Å²) >= 11 is 0. The Balaban J connectivity index is 1.60. The molecule has 4 atom stereocenters. The number of nitrogens with zero attached hydrogens (tertiary/aromatic N) is 2. The number of hydrogen-bond acceptors (Lipinski definition) is 4. The van der Waals surface area contributed by atoms with Crippen molar-refractivity contribution in [3.05, 3.63) is 81.9 Å². The quantitative estimate of drug-likeness (QED) is 0.201. The summed E-state index contributed by atoms with van der Waals surface area (Å²) in [6, 6.07) is 2.81. The molecule has 0 aromatic heterocycles. The van der Waals surface area contributed by atoms with E-state index in [0.717, 1.165) is 23.5 Å². The predicted octanol–water partition coefficient (Wildman–Crippen LogP) is 8.70. The zero-order valence-corrected chi connectivity index (χ0v) is 25.3. The van der Waals surface area contributed by atoms with Crippen molar-refractivity contribution in [2.75, 3.05) is 13.1 Å². The van der Waals surface area contributed by atoms with Crippen LogP contribution in [0.15, 0.2) is 48.6 Å². The van der Waals surface area contributed by atoms with Crippen molar-refractivity contribution in [1.29, 1.82) is 0 Å². The van der Waals surface area contributed by atoms with Crippen molar-refractivity contribution in [1.82, 2.24) is 9.80 Å². The monoisotopic (exact) mass is 680 g/mol. The van der Waals surface area contributed by atoms with E-state index in [4.69, 9.17) is 9.84 Å².